The van der Waals surface area contributed by atoms with E-state index in [1.807, 2.05) is 0 Å². The molecular weight excluding hydrogens is 192 g/mol. The number of aliphatic carboxylic acids is 1. The number of rotatable bonds is 3. The molecule has 70 valence electrons. The van der Waals surface area contributed by atoms with Crippen molar-refractivity contribution in [2.24, 2.45) is 0 Å². The fraction of sp³-hybridized carbons (Fsp3) is 0.222. The van der Waals surface area contributed by atoms with Crippen LogP contribution in [0.2, 0.25) is 0 Å². The summed E-state index contributed by atoms with van der Waals surface area (Å²) in [5.41, 5.74) is 0.505. The molecule has 0 unspecified atom stereocenters. The summed E-state index contributed by atoms with van der Waals surface area (Å²) >= 11 is 5.45. The Kier molecular flexibility index (Phi) is 3.28. The predicted molar refractivity (Wildman–Crippen MR) is 48.7 cm³/mol. The van der Waals surface area contributed by atoms with Gasteiger partial charge in [-0.1, -0.05) is 30.3 Å². The number of carboxylic acids is 1. The van der Waals surface area contributed by atoms with Gasteiger partial charge in [-0.05, 0) is 5.56 Å². The SMILES string of the molecule is O=C(O)[C@@H](Cl)[C@H](O)c1ccccc1. The van der Waals surface area contributed by atoms with Crippen LogP contribution in [0.1, 0.15) is 11.7 Å². The number of hydrogen-bond donors (Lipinski definition) is 2. The third-order valence-electron chi connectivity index (χ3n) is 1.65. The van der Waals surface area contributed by atoms with E-state index in [4.69, 9.17) is 16.7 Å². The fourth-order valence-electron chi connectivity index (χ4n) is 0.954. The minimum atomic E-state index is -1.30. The third-order valence-corrected chi connectivity index (χ3v) is 2.08. The molecule has 0 aromatic heterocycles. The second-order valence-corrected chi connectivity index (χ2v) is 3.07. The van der Waals surface area contributed by atoms with Gasteiger partial charge in [-0.15, -0.1) is 11.6 Å². The lowest BCUT2D eigenvalue weighted by Crippen LogP contribution is -2.21. The molecule has 0 radical (unpaired) electrons. The normalized spacial score (nSPS) is 14.9. The Bertz CT molecular complexity index is 286. The largest absolute Gasteiger partial charge is 0.480 e. The predicted octanol–water partition coefficient (Wildman–Crippen LogP) is 1.41. The first-order chi connectivity index (χ1) is 6.13. The van der Waals surface area contributed by atoms with Crippen LogP contribution in [0.3, 0.4) is 0 Å². The summed E-state index contributed by atoms with van der Waals surface area (Å²) in [4.78, 5) is 10.4. The van der Waals surface area contributed by atoms with Gasteiger partial charge in [0.15, 0.2) is 5.38 Å². The number of hydrogen-bond acceptors (Lipinski definition) is 2. The molecule has 1 aromatic rings. The Morgan fingerprint density at radius 2 is 1.85 bits per heavy atom. The van der Waals surface area contributed by atoms with Gasteiger partial charge in [-0.2, -0.15) is 0 Å². The number of alkyl halides is 1. The van der Waals surface area contributed by atoms with Gasteiger partial charge in [-0.3, -0.25) is 4.79 Å². The summed E-state index contributed by atoms with van der Waals surface area (Å²) in [5.74, 6) is -1.22. The molecule has 2 N–H and O–H groups in total. The quantitative estimate of drug-likeness (QED) is 0.726. The average Bonchev–Trinajstić information content (AvgIpc) is 2.17. The first kappa shape index (κ1) is 10.0. The van der Waals surface area contributed by atoms with E-state index in [2.05, 4.69) is 0 Å². The number of carbonyl (C=O) groups is 1. The Balaban J connectivity index is 2.79. The Morgan fingerprint density at radius 3 is 2.31 bits per heavy atom. The van der Waals surface area contributed by atoms with Crippen molar-refractivity contribution < 1.29 is 15.0 Å². The van der Waals surface area contributed by atoms with Gasteiger partial charge < -0.3 is 10.2 Å². The van der Waals surface area contributed by atoms with Gasteiger partial charge >= 0.3 is 5.97 Å². The summed E-state index contributed by atoms with van der Waals surface area (Å²) in [5, 5.41) is 16.7. The first-order valence-corrected chi connectivity index (χ1v) is 4.16. The Labute approximate surface area is 80.6 Å². The molecule has 0 saturated heterocycles. The fourth-order valence-corrected chi connectivity index (χ4v) is 1.10. The molecule has 4 heteroatoms. The van der Waals surface area contributed by atoms with Crippen LogP contribution in [-0.4, -0.2) is 21.6 Å². The molecule has 0 spiro atoms. The monoisotopic (exact) mass is 200 g/mol. The molecule has 1 aromatic carbocycles. The Morgan fingerprint density at radius 1 is 1.31 bits per heavy atom. The van der Waals surface area contributed by atoms with Crippen molar-refractivity contribution in [1.82, 2.24) is 0 Å². The van der Waals surface area contributed by atoms with Crippen LogP contribution >= 0.6 is 11.6 Å². The van der Waals surface area contributed by atoms with Crippen molar-refractivity contribution in [2.45, 2.75) is 11.5 Å². The molecule has 0 heterocycles. The van der Waals surface area contributed by atoms with Crippen LogP contribution < -0.4 is 0 Å². The third kappa shape index (κ3) is 2.44. The lowest BCUT2D eigenvalue weighted by Gasteiger charge is -2.12. The van der Waals surface area contributed by atoms with E-state index in [1.54, 1.807) is 30.3 Å². The second-order valence-electron chi connectivity index (χ2n) is 2.60. The highest BCUT2D eigenvalue weighted by Gasteiger charge is 2.24. The molecule has 3 nitrogen and oxygen atoms in total. The summed E-state index contributed by atoms with van der Waals surface area (Å²) in [7, 11) is 0. The highest BCUT2D eigenvalue weighted by atomic mass is 35.5. The smallest absolute Gasteiger partial charge is 0.324 e. The maximum absolute atomic E-state index is 10.4. The summed E-state index contributed by atoms with van der Waals surface area (Å²) < 4.78 is 0. The molecule has 2 atom stereocenters. The maximum Gasteiger partial charge on any atom is 0.324 e. The zero-order valence-corrected chi connectivity index (χ0v) is 7.48. The number of halogens is 1. The van der Waals surface area contributed by atoms with E-state index in [1.165, 1.54) is 0 Å². The number of carboxylic acid groups (broad SMARTS) is 1. The van der Waals surface area contributed by atoms with Gasteiger partial charge in [0, 0.05) is 0 Å². The van der Waals surface area contributed by atoms with Crippen molar-refractivity contribution in [2.75, 3.05) is 0 Å². The summed E-state index contributed by atoms with van der Waals surface area (Å²) in [6.07, 6.45) is -1.17. The molecule has 0 saturated carbocycles. The van der Waals surface area contributed by atoms with Crippen molar-refractivity contribution in [1.29, 1.82) is 0 Å². The van der Waals surface area contributed by atoms with Crippen molar-refractivity contribution in [3.8, 4) is 0 Å². The molecule has 13 heavy (non-hydrogen) atoms. The van der Waals surface area contributed by atoms with Crippen molar-refractivity contribution >= 4 is 17.6 Å². The van der Waals surface area contributed by atoms with Crippen LogP contribution in [0.25, 0.3) is 0 Å². The topological polar surface area (TPSA) is 57.5 Å². The van der Waals surface area contributed by atoms with Crippen molar-refractivity contribution in [3.63, 3.8) is 0 Å². The minimum absolute atomic E-state index is 0.505. The zero-order chi connectivity index (χ0) is 9.84. The Hall–Kier alpha value is -1.06. The van der Waals surface area contributed by atoms with E-state index in [-0.39, 0.29) is 0 Å². The molecule has 0 aliphatic carbocycles. The van der Waals surface area contributed by atoms with E-state index < -0.39 is 17.5 Å². The van der Waals surface area contributed by atoms with Gasteiger partial charge in [0.05, 0.1) is 0 Å². The minimum Gasteiger partial charge on any atom is -0.480 e. The van der Waals surface area contributed by atoms with E-state index in [0.29, 0.717) is 5.56 Å². The lowest BCUT2D eigenvalue weighted by atomic mass is 10.1. The molecule has 0 aliphatic rings. The number of benzene rings is 1. The van der Waals surface area contributed by atoms with E-state index >= 15 is 0 Å². The summed E-state index contributed by atoms with van der Waals surface area (Å²) in [6.45, 7) is 0. The lowest BCUT2D eigenvalue weighted by molar-refractivity contribution is -0.138. The molecule has 0 fully saturated rings. The second kappa shape index (κ2) is 4.25. The average molecular weight is 201 g/mol. The van der Waals surface area contributed by atoms with Gasteiger partial charge in [0.25, 0.3) is 0 Å². The number of aliphatic hydroxyl groups is 1. The van der Waals surface area contributed by atoms with Gasteiger partial charge in [0.1, 0.15) is 6.10 Å². The van der Waals surface area contributed by atoms with Crippen LogP contribution in [0.15, 0.2) is 30.3 Å². The van der Waals surface area contributed by atoms with Crippen LogP contribution in [0.5, 0.6) is 0 Å². The van der Waals surface area contributed by atoms with Crippen LogP contribution in [0, 0.1) is 0 Å². The van der Waals surface area contributed by atoms with Crippen LogP contribution in [0.4, 0.5) is 0 Å². The highest BCUT2D eigenvalue weighted by Crippen LogP contribution is 2.20. The first-order valence-electron chi connectivity index (χ1n) is 3.73. The molecular formula is C9H9ClO3. The van der Waals surface area contributed by atoms with E-state index in [9.17, 15) is 9.90 Å². The highest BCUT2D eigenvalue weighted by molar-refractivity contribution is 6.30. The zero-order valence-electron chi connectivity index (χ0n) is 6.72. The molecule has 0 amide bonds. The molecule has 1 rings (SSSR count). The standard InChI is InChI=1S/C9H9ClO3/c10-7(9(12)13)8(11)6-4-2-1-3-5-6/h1-5,7-8,11H,(H,12,13)/t7-,8+/m0/s1. The van der Waals surface area contributed by atoms with Crippen LogP contribution in [-0.2, 0) is 4.79 Å². The van der Waals surface area contributed by atoms with E-state index in [0.717, 1.165) is 0 Å². The molecule has 0 bridgehead atoms. The van der Waals surface area contributed by atoms with Gasteiger partial charge in [-0.25, -0.2) is 0 Å². The molecule has 0 aliphatic heterocycles. The maximum atomic E-state index is 10.4. The van der Waals surface area contributed by atoms with Crippen molar-refractivity contribution in [3.05, 3.63) is 35.9 Å². The summed E-state index contributed by atoms with van der Waals surface area (Å²) in [6, 6.07) is 8.46. The number of aliphatic hydroxyl groups excluding tert-OH is 1. The van der Waals surface area contributed by atoms with Gasteiger partial charge in [0.2, 0.25) is 0 Å².